The van der Waals surface area contributed by atoms with E-state index in [4.69, 9.17) is 0 Å². The maximum atomic E-state index is 12.1. The van der Waals surface area contributed by atoms with Crippen LogP contribution in [-0.2, 0) is 9.59 Å². The Hall–Kier alpha value is -0.860. The first-order valence-corrected chi connectivity index (χ1v) is 7.58. The van der Waals surface area contributed by atoms with E-state index >= 15 is 0 Å². The van der Waals surface area contributed by atoms with Crippen LogP contribution in [0, 0.1) is 17.3 Å². The molecule has 0 aromatic rings. The molecule has 1 atom stereocenters. The molecular formula is C16H29NO2. The highest BCUT2D eigenvalue weighted by atomic mass is 16.2. The molecule has 1 amide bonds. The van der Waals surface area contributed by atoms with Crippen molar-refractivity contribution in [3.05, 3.63) is 0 Å². The van der Waals surface area contributed by atoms with E-state index < -0.39 is 0 Å². The molecular weight excluding hydrogens is 238 g/mol. The lowest BCUT2D eigenvalue weighted by atomic mass is 9.69. The van der Waals surface area contributed by atoms with E-state index in [0.717, 1.165) is 25.7 Å². The summed E-state index contributed by atoms with van der Waals surface area (Å²) in [5.41, 5.74) is 0.340. The van der Waals surface area contributed by atoms with Crippen LogP contribution in [0.5, 0.6) is 0 Å². The van der Waals surface area contributed by atoms with Crippen molar-refractivity contribution in [2.24, 2.45) is 17.3 Å². The van der Waals surface area contributed by atoms with Gasteiger partial charge in [0.1, 0.15) is 0 Å². The van der Waals surface area contributed by atoms with E-state index in [2.05, 4.69) is 26.1 Å². The van der Waals surface area contributed by atoms with E-state index in [1.807, 2.05) is 6.92 Å². The minimum Gasteiger partial charge on any atom is -0.346 e. The molecule has 1 unspecified atom stereocenters. The maximum absolute atomic E-state index is 12.1. The average Bonchev–Trinajstić information content (AvgIpc) is 2.36. The smallest absolute Gasteiger partial charge is 0.223 e. The largest absolute Gasteiger partial charge is 0.346 e. The Bertz CT molecular complexity index is 322. The van der Waals surface area contributed by atoms with Gasteiger partial charge in [-0.2, -0.15) is 0 Å². The maximum Gasteiger partial charge on any atom is 0.223 e. The van der Waals surface area contributed by atoms with Gasteiger partial charge >= 0.3 is 0 Å². The third-order valence-electron chi connectivity index (χ3n) is 4.51. The van der Waals surface area contributed by atoms with Crippen molar-refractivity contribution in [1.29, 1.82) is 0 Å². The van der Waals surface area contributed by atoms with Crippen molar-refractivity contribution in [2.45, 2.75) is 72.8 Å². The molecule has 0 radical (unpaired) electrons. The van der Waals surface area contributed by atoms with E-state index in [1.165, 1.54) is 0 Å². The minimum atomic E-state index is -0.335. The van der Waals surface area contributed by atoms with Crippen LogP contribution in [0.3, 0.4) is 0 Å². The molecule has 0 aromatic heterocycles. The molecule has 19 heavy (non-hydrogen) atoms. The van der Waals surface area contributed by atoms with Crippen molar-refractivity contribution in [3.8, 4) is 0 Å². The van der Waals surface area contributed by atoms with E-state index in [0.29, 0.717) is 17.8 Å². The first kappa shape index (κ1) is 16.2. The number of carbonyl (C=O) groups is 2. The van der Waals surface area contributed by atoms with E-state index in [-0.39, 0.29) is 23.7 Å². The van der Waals surface area contributed by atoms with Gasteiger partial charge in [-0.05, 0) is 43.9 Å². The van der Waals surface area contributed by atoms with Gasteiger partial charge in [0, 0.05) is 12.3 Å². The van der Waals surface area contributed by atoms with Gasteiger partial charge in [0.15, 0.2) is 5.78 Å². The summed E-state index contributed by atoms with van der Waals surface area (Å²) >= 11 is 0. The summed E-state index contributed by atoms with van der Waals surface area (Å²) in [6, 6.07) is -0.335. The van der Waals surface area contributed by atoms with Crippen LogP contribution in [-0.4, -0.2) is 17.7 Å². The Morgan fingerprint density at radius 2 is 1.68 bits per heavy atom. The fourth-order valence-electron chi connectivity index (χ4n) is 2.94. The van der Waals surface area contributed by atoms with Crippen LogP contribution in [0.2, 0.25) is 0 Å². The molecule has 0 aromatic carbocycles. The fourth-order valence-corrected chi connectivity index (χ4v) is 2.94. The predicted molar refractivity (Wildman–Crippen MR) is 77.8 cm³/mol. The Balaban J connectivity index is 2.43. The van der Waals surface area contributed by atoms with Gasteiger partial charge in [0.2, 0.25) is 5.91 Å². The second-order valence-corrected chi connectivity index (χ2v) is 6.96. The summed E-state index contributed by atoms with van der Waals surface area (Å²) in [7, 11) is 0. The standard InChI is InChI=1S/C16H29NO2/c1-6-14(18)11(2)17-15(19)12-7-9-13(10-8-12)16(3,4)5/h11-13H,6-10H2,1-5H3,(H,17,19). The van der Waals surface area contributed by atoms with Gasteiger partial charge in [-0.15, -0.1) is 0 Å². The second kappa shape index (κ2) is 6.53. The zero-order valence-corrected chi connectivity index (χ0v) is 13.1. The molecule has 3 heteroatoms. The highest BCUT2D eigenvalue weighted by molar-refractivity contribution is 5.89. The monoisotopic (exact) mass is 267 g/mol. The molecule has 110 valence electrons. The molecule has 1 fully saturated rings. The summed E-state index contributed by atoms with van der Waals surface area (Å²) in [5.74, 6) is 0.996. The molecule has 1 N–H and O–H groups in total. The lowest BCUT2D eigenvalue weighted by Gasteiger charge is -2.36. The van der Waals surface area contributed by atoms with Gasteiger partial charge in [-0.3, -0.25) is 9.59 Å². The van der Waals surface area contributed by atoms with Gasteiger partial charge in [0.05, 0.1) is 6.04 Å². The number of Topliss-reactive ketones (excluding diaryl/α,β-unsaturated/α-hetero) is 1. The molecule has 1 saturated carbocycles. The Morgan fingerprint density at radius 3 is 2.11 bits per heavy atom. The second-order valence-electron chi connectivity index (χ2n) is 6.96. The van der Waals surface area contributed by atoms with Crippen LogP contribution in [0.15, 0.2) is 0 Å². The number of hydrogen-bond donors (Lipinski definition) is 1. The Morgan fingerprint density at radius 1 is 1.16 bits per heavy atom. The van der Waals surface area contributed by atoms with Crippen LogP contribution < -0.4 is 5.32 Å². The topological polar surface area (TPSA) is 46.2 Å². The van der Waals surface area contributed by atoms with Crippen molar-refractivity contribution < 1.29 is 9.59 Å². The van der Waals surface area contributed by atoms with Gasteiger partial charge in [-0.1, -0.05) is 27.7 Å². The number of rotatable bonds is 4. The first-order valence-electron chi connectivity index (χ1n) is 7.58. The zero-order chi connectivity index (χ0) is 14.6. The number of hydrogen-bond acceptors (Lipinski definition) is 2. The third kappa shape index (κ3) is 4.63. The van der Waals surface area contributed by atoms with Crippen molar-refractivity contribution in [1.82, 2.24) is 5.32 Å². The molecule has 0 saturated heterocycles. The van der Waals surface area contributed by atoms with Crippen molar-refractivity contribution >= 4 is 11.7 Å². The number of ketones is 1. The molecule has 0 aliphatic heterocycles. The van der Waals surface area contributed by atoms with Crippen molar-refractivity contribution in [3.63, 3.8) is 0 Å². The van der Waals surface area contributed by atoms with Crippen molar-refractivity contribution in [2.75, 3.05) is 0 Å². The Labute approximate surface area is 117 Å². The summed E-state index contributed by atoms with van der Waals surface area (Å²) in [5, 5.41) is 2.87. The molecule has 0 bridgehead atoms. The Kier molecular flexibility index (Phi) is 5.57. The quantitative estimate of drug-likeness (QED) is 0.849. The zero-order valence-electron chi connectivity index (χ0n) is 13.1. The van der Waals surface area contributed by atoms with Crippen LogP contribution in [0.25, 0.3) is 0 Å². The fraction of sp³-hybridized carbons (Fsp3) is 0.875. The summed E-state index contributed by atoms with van der Waals surface area (Å²) < 4.78 is 0. The third-order valence-corrected chi connectivity index (χ3v) is 4.51. The molecule has 0 spiro atoms. The first-order chi connectivity index (χ1) is 8.75. The summed E-state index contributed by atoms with van der Waals surface area (Å²) in [6.45, 7) is 10.4. The molecule has 3 nitrogen and oxygen atoms in total. The van der Waals surface area contributed by atoms with Gasteiger partial charge in [-0.25, -0.2) is 0 Å². The van der Waals surface area contributed by atoms with Crippen LogP contribution >= 0.6 is 0 Å². The molecule has 1 aliphatic rings. The highest BCUT2D eigenvalue weighted by Gasteiger charge is 2.32. The van der Waals surface area contributed by atoms with E-state index in [9.17, 15) is 9.59 Å². The number of nitrogens with one attached hydrogen (secondary N) is 1. The van der Waals surface area contributed by atoms with Crippen LogP contribution in [0.4, 0.5) is 0 Å². The lowest BCUT2D eigenvalue weighted by Crippen LogP contribution is -2.43. The lowest BCUT2D eigenvalue weighted by molar-refractivity contribution is -0.130. The molecule has 0 heterocycles. The average molecular weight is 267 g/mol. The SMILES string of the molecule is CCC(=O)C(C)NC(=O)C1CCC(C(C)(C)C)CC1. The summed E-state index contributed by atoms with van der Waals surface area (Å²) in [4.78, 5) is 23.6. The number of amides is 1. The molecule has 1 rings (SSSR count). The van der Waals surface area contributed by atoms with E-state index in [1.54, 1.807) is 6.92 Å². The summed E-state index contributed by atoms with van der Waals surface area (Å²) in [6.07, 6.45) is 4.65. The number of carbonyl (C=O) groups excluding carboxylic acids is 2. The normalized spacial score (nSPS) is 25.7. The highest BCUT2D eigenvalue weighted by Crippen LogP contribution is 2.39. The van der Waals surface area contributed by atoms with Gasteiger partial charge < -0.3 is 5.32 Å². The van der Waals surface area contributed by atoms with Crippen LogP contribution in [0.1, 0.15) is 66.7 Å². The minimum absolute atomic E-state index is 0.0710. The predicted octanol–water partition coefficient (Wildman–Crippen LogP) is 3.32. The van der Waals surface area contributed by atoms with Gasteiger partial charge in [0.25, 0.3) is 0 Å². The molecule has 1 aliphatic carbocycles.